The van der Waals surface area contributed by atoms with Gasteiger partial charge < -0.3 is 10.2 Å². The molecule has 1 aliphatic rings. The maximum absolute atomic E-state index is 6.44. The summed E-state index contributed by atoms with van der Waals surface area (Å²) in [5, 5.41) is 0. The van der Waals surface area contributed by atoms with Crippen LogP contribution in [0.3, 0.4) is 0 Å². The molecule has 96 valence electrons. The second kappa shape index (κ2) is 4.39. The number of hydrogen-bond donors (Lipinski definition) is 1. The lowest BCUT2D eigenvalue weighted by atomic mass is 9.80. The van der Waals surface area contributed by atoms with Crippen LogP contribution in [0, 0.1) is 6.92 Å². The lowest BCUT2D eigenvalue weighted by Gasteiger charge is -2.32. The zero-order valence-corrected chi connectivity index (χ0v) is 10.9. The molecule has 18 heavy (non-hydrogen) atoms. The first-order valence-corrected chi connectivity index (χ1v) is 6.80. The predicted octanol–water partition coefficient (Wildman–Crippen LogP) is 3.34. The van der Waals surface area contributed by atoms with E-state index in [0.29, 0.717) is 0 Å². The summed E-state index contributed by atoms with van der Waals surface area (Å²) in [6.45, 7) is 2.06. The standard InChI is InChI=1S/C15H20N2O/c1-11-5-6-12-13(9-11)18-14(17-12)10-15(16)7-3-2-4-8-15/h5-6,9H,2-4,7-8,10,16H2,1H3. The van der Waals surface area contributed by atoms with Crippen molar-refractivity contribution < 1.29 is 4.42 Å². The summed E-state index contributed by atoms with van der Waals surface area (Å²) < 4.78 is 5.83. The third kappa shape index (κ3) is 2.27. The van der Waals surface area contributed by atoms with Crippen LogP contribution in [0.1, 0.15) is 43.6 Å². The van der Waals surface area contributed by atoms with Crippen LogP contribution in [0.4, 0.5) is 0 Å². The molecule has 0 amide bonds. The number of nitrogens with two attached hydrogens (primary N) is 1. The first-order valence-electron chi connectivity index (χ1n) is 6.80. The fourth-order valence-corrected chi connectivity index (χ4v) is 2.89. The van der Waals surface area contributed by atoms with Gasteiger partial charge in [0.15, 0.2) is 11.5 Å². The Balaban J connectivity index is 1.86. The molecule has 0 aliphatic heterocycles. The fraction of sp³-hybridized carbons (Fsp3) is 0.533. The van der Waals surface area contributed by atoms with Gasteiger partial charge >= 0.3 is 0 Å². The van der Waals surface area contributed by atoms with Gasteiger partial charge in [0, 0.05) is 12.0 Å². The first-order chi connectivity index (χ1) is 8.65. The largest absolute Gasteiger partial charge is 0.441 e. The maximum Gasteiger partial charge on any atom is 0.197 e. The van der Waals surface area contributed by atoms with E-state index in [-0.39, 0.29) is 5.54 Å². The van der Waals surface area contributed by atoms with Crippen molar-refractivity contribution >= 4 is 11.1 Å². The summed E-state index contributed by atoms with van der Waals surface area (Å²) in [6, 6.07) is 6.12. The van der Waals surface area contributed by atoms with Crippen molar-refractivity contribution in [3.05, 3.63) is 29.7 Å². The van der Waals surface area contributed by atoms with E-state index in [4.69, 9.17) is 10.2 Å². The summed E-state index contributed by atoms with van der Waals surface area (Å²) in [5.74, 6) is 0.792. The molecule has 3 heteroatoms. The first kappa shape index (κ1) is 11.7. The molecule has 0 saturated heterocycles. The fourth-order valence-electron chi connectivity index (χ4n) is 2.89. The Bertz CT molecular complexity index is 553. The highest BCUT2D eigenvalue weighted by molar-refractivity contribution is 5.73. The Morgan fingerprint density at radius 2 is 2.06 bits per heavy atom. The van der Waals surface area contributed by atoms with E-state index < -0.39 is 0 Å². The molecule has 1 saturated carbocycles. The molecule has 2 N–H and O–H groups in total. The lowest BCUT2D eigenvalue weighted by Crippen LogP contribution is -2.43. The molecule has 1 heterocycles. The van der Waals surface area contributed by atoms with Gasteiger partial charge in [-0.1, -0.05) is 25.3 Å². The molecule has 0 spiro atoms. The number of oxazole rings is 1. The zero-order valence-electron chi connectivity index (χ0n) is 10.9. The molecular weight excluding hydrogens is 224 g/mol. The van der Waals surface area contributed by atoms with E-state index in [9.17, 15) is 0 Å². The number of aromatic nitrogens is 1. The second-order valence-corrected chi connectivity index (χ2v) is 5.68. The Morgan fingerprint density at radius 1 is 1.28 bits per heavy atom. The van der Waals surface area contributed by atoms with Crippen molar-refractivity contribution in [2.75, 3.05) is 0 Å². The van der Waals surface area contributed by atoms with Crippen LogP contribution < -0.4 is 5.73 Å². The van der Waals surface area contributed by atoms with E-state index in [1.54, 1.807) is 0 Å². The highest BCUT2D eigenvalue weighted by atomic mass is 16.3. The smallest absolute Gasteiger partial charge is 0.197 e. The number of fused-ring (bicyclic) bond motifs is 1. The molecule has 3 nitrogen and oxygen atoms in total. The molecule has 0 unspecified atom stereocenters. The minimum Gasteiger partial charge on any atom is -0.441 e. The molecule has 0 atom stereocenters. The van der Waals surface area contributed by atoms with Crippen LogP contribution in [-0.2, 0) is 6.42 Å². The van der Waals surface area contributed by atoms with E-state index in [0.717, 1.165) is 36.3 Å². The van der Waals surface area contributed by atoms with Gasteiger partial charge in [-0.25, -0.2) is 4.98 Å². The van der Waals surface area contributed by atoms with Crippen molar-refractivity contribution in [3.8, 4) is 0 Å². The topological polar surface area (TPSA) is 52.0 Å². The van der Waals surface area contributed by atoms with Crippen LogP contribution >= 0.6 is 0 Å². The molecule has 1 aliphatic carbocycles. The molecule has 3 rings (SSSR count). The SMILES string of the molecule is Cc1ccc2nc(CC3(N)CCCCC3)oc2c1. The summed E-state index contributed by atoms with van der Waals surface area (Å²) in [7, 11) is 0. The minimum atomic E-state index is -0.103. The van der Waals surface area contributed by atoms with Crippen LogP contribution in [0.25, 0.3) is 11.1 Å². The van der Waals surface area contributed by atoms with E-state index in [1.165, 1.54) is 24.8 Å². The predicted molar refractivity (Wildman–Crippen MR) is 72.5 cm³/mol. The van der Waals surface area contributed by atoms with E-state index in [2.05, 4.69) is 18.0 Å². The van der Waals surface area contributed by atoms with Gasteiger partial charge in [-0.15, -0.1) is 0 Å². The third-order valence-corrected chi connectivity index (χ3v) is 3.94. The monoisotopic (exact) mass is 244 g/mol. The van der Waals surface area contributed by atoms with E-state index >= 15 is 0 Å². The van der Waals surface area contributed by atoms with Crippen LogP contribution in [0.2, 0.25) is 0 Å². The molecule has 1 fully saturated rings. The Kier molecular flexibility index (Phi) is 2.86. The van der Waals surface area contributed by atoms with Gasteiger partial charge in [-0.05, 0) is 37.5 Å². The third-order valence-electron chi connectivity index (χ3n) is 3.94. The summed E-state index contributed by atoms with van der Waals surface area (Å²) in [6.07, 6.45) is 6.72. The van der Waals surface area contributed by atoms with Crippen molar-refractivity contribution in [1.29, 1.82) is 0 Å². The molecule has 2 aromatic rings. The number of aryl methyl sites for hydroxylation is 1. The van der Waals surface area contributed by atoms with Crippen LogP contribution in [0.5, 0.6) is 0 Å². The van der Waals surface area contributed by atoms with Crippen molar-refractivity contribution in [2.24, 2.45) is 5.73 Å². The van der Waals surface area contributed by atoms with Gasteiger partial charge in [0.1, 0.15) is 5.52 Å². The van der Waals surface area contributed by atoms with Crippen molar-refractivity contribution in [3.63, 3.8) is 0 Å². The summed E-state index contributed by atoms with van der Waals surface area (Å²) in [5.41, 5.74) is 9.36. The molecule has 0 radical (unpaired) electrons. The normalized spacial score (nSPS) is 19.2. The van der Waals surface area contributed by atoms with Crippen LogP contribution in [-0.4, -0.2) is 10.5 Å². The van der Waals surface area contributed by atoms with Gasteiger partial charge in [0.2, 0.25) is 0 Å². The number of hydrogen-bond acceptors (Lipinski definition) is 3. The van der Waals surface area contributed by atoms with Gasteiger partial charge in [0.05, 0.1) is 0 Å². The van der Waals surface area contributed by atoms with Gasteiger partial charge in [-0.2, -0.15) is 0 Å². The Morgan fingerprint density at radius 3 is 2.83 bits per heavy atom. The van der Waals surface area contributed by atoms with Gasteiger partial charge in [0.25, 0.3) is 0 Å². The number of nitrogens with zero attached hydrogens (tertiary/aromatic N) is 1. The summed E-state index contributed by atoms with van der Waals surface area (Å²) in [4.78, 5) is 4.55. The highest BCUT2D eigenvalue weighted by Crippen LogP contribution is 2.29. The highest BCUT2D eigenvalue weighted by Gasteiger charge is 2.29. The minimum absolute atomic E-state index is 0.103. The zero-order chi connectivity index (χ0) is 12.6. The number of benzene rings is 1. The molecular formula is C15H20N2O. The second-order valence-electron chi connectivity index (χ2n) is 5.68. The van der Waals surface area contributed by atoms with Crippen molar-refractivity contribution in [2.45, 2.75) is 51.0 Å². The Labute approximate surface area is 107 Å². The average Bonchev–Trinajstić information content (AvgIpc) is 2.70. The number of rotatable bonds is 2. The maximum atomic E-state index is 6.44. The lowest BCUT2D eigenvalue weighted by molar-refractivity contribution is 0.276. The Hall–Kier alpha value is -1.35. The quantitative estimate of drug-likeness (QED) is 0.881. The molecule has 1 aromatic heterocycles. The average molecular weight is 244 g/mol. The van der Waals surface area contributed by atoms with Crippen LogP contribution in [0.15, 0.2) is 22.6 Å². The van der Waals surface area contributed by atoms with Crippen molar-refractivity contribution in [1.82, 2.24) is 4.98 Å². The molecule has 1 aromatic carbocycles. The molecule has 0 bridgehead atoms. The van der Waals surface area contributed by atoms with E-state index in [1.807, 2.05) is 12.1 Å². The summed E-state index contributed by atoms with van der Waals surface area (Å²) >= 11 is 0. The van der Waals surface area contributed by atoms with Gasteiger partial charge in [-0.3, -0.25) is 0 Å².